The van der Waals surface area contributed by atoms with Gasteiger partial charge in [-0.3, -0.25) is 9.59 Å². The molecule has 3 N–H and O–H groups in total. The van der Waals surface area contributed by atoms with Gasteiger partial charge in [0, 0.05) is 58.0 Å². The number of anilines is 1. The van der Waals surface area contributed by atoms with E-state index in [1.54, 1.807) is 6.07 Å². The first-order valence-corrected chi connectivity index (χ1v) is 23.5. The number of amides is 2. The minimum Gasteiger partial charge on any atom is -0.355 e. The second-order valence-electron chi connectivity index (χ2n) is 17.5. The molecule has 344 valence electrons. The van der Waals surface area contributed by atoms with E-state index < -0.39 is 25.2 Å². The van der Waals surface area contributed by atoms with Crippen molar-refractivity contribution in [2.24, 2.45) is 10.8 Å². The van der Waals surface area contributed by atoms with Crippen molar-refractivity contribution >= 4 is 72.3 Å². The van der Waals surface area contributed by atoms with Gasteiger partial charge in [0.1, 0.15) is 33.3 Å². The lowest BCUT2D eigenvalue weighted by atomic mass is 9.85. The molecular weight excluding hydrogens is 910 g/mol. The van der Waals surface area contributed by atoms with Gasteiger partial charge in [-0.25, -0.2) is 19.9 Å². The monoisotopic (exact) mass is 956 g/mol. The zero-order valence-corrected chi connectivity index (χ0v) is 37.5. The fourth-order valence-electron chi connectivity index (χ4n) is 9.64. The Kier molecular flexibility index (Phi) is 14.0. The lowest BCUT2D eigenvalue weighted by Crippen LogP contribution is -2.34. The topological polar surface area (TPSA) is 125 Å². The molecule has 2 aliphatic heterocycles. The second-order valence-corrected chi connectivity index (χ2v) is 20.1. The highest BCUT2D eigenvalue weighted by Gasteiger charge is 2.45. The zero-order chi connectivity index (χ0) is 45.8. The normalized spacial score (nSPS) is 22.8. The predicted octanol–water partition coefficient (Wildman–Crippen LogP) is 10.4. The lowest BCUT2D eigenvalue weighted by molar-refractivity contribution is -0.127. The molecule has 4 unspecified atom stereocenters. The van der Waals surface area contributed by atoms with Crippen LogP contribution in [0.2, 0.25) is 5.15 Å². The fourth-order valence-corrected chi connectivity index (χ4v) is 11.9. The van der Waals surface area contributed by atoms with Gasteiger partial charge in [0.05, 0.1) is 18.2 Å². The van der Waals surface area contributed by atoms with E-state index in [2.05, 4.69) is 40.8 Å². The summed E-state index contributed by atoms with van der Waals surface area (Å²) in [6.45, 7) is 3.86. The number of aromatic nitrogens is 4. The molecule has 2 amide bonds. The van der Waals surface area contributed by atoms with Crippen molar-refractivity contribution in [3.8, 4) is 0 Å². The van der Waals surface area contributed by atoms with Crippen molar-refractivity contribution in [1.29, 1.82) is 0 Å². The molecule has 6 heterocycles. The maximum atomic E-state index is 12.8. The number of carbonyl (C=O) groups is 2. The summed E-state index contributed by atoms with van der Waals surface area (Å²) in [4.78, 5) is 44.5. The van der Waals surface area contributed by atoms with Crippen LogP contribution in [-0.4, -0.2) is 82.4 Å². The smallest absolute Gasteiger partial charge is 0.355 e. The lowest BCUT2D eigenvalue weighted by Gasteiger charge is -2.25. The highest BCUT2D eigenvalue weighted by Crippen LogP contribution is 2.48. The number of thiophene rings is 2. The molecule has 65 heavy (non-hydrogen) atoms. The minimum absolute atomic E-state index is 0.0459. The first-order chi connectivity index (χ1) is 31.0. The number of halogens is 7. The van der Waals surface area contributed by atoms with Crippen LogP contribution in [0, 0.1) is 10.8 Å². The molecule has 4 aromatic heterocycles. The van der Waals surface area contributed by atoms with E-state index in [0.29, 0.717) is 43.3 Å². The number of carbonyl (C=O) groups excluding carboxylic acids is 2. The molecule has 10 rings (SSSR count). The third-order valence-corrected chi connectivity index (χ3v) is 15.0. The van der Waals surface area contributed by atoms with Crippen LogP contribution < -0.4 is 20.9 Å². The van der Waals surface area contributed by atoms with Gasteiger partial charge >= 0.3 is 12.4 Å². The Morgan fingerprint density at radius 1 is 0.708 bits per heavy atom. The summed E-state index contributed by atoms with van der Waals surface area (Å²) in [6, 6.07) is 22.2. The Balaban J connectivity index is 0.000000147. The summed E-state index contributed by atoms with van der Waals surface area (Å²) in [5.74, 6) is 0.743. The Bertz CT molecular complexity index is 2590. The summed E-state index contributed by atoms with van der Waals surface area (Å²) in [5.41, 5.74) is 1.99. The maximum absolute atomic E-state index is 12.8. The average Bonchev–Trinajstić information content (AvgIpc) is 4.14. The minimum atomic E-state index is -4.24. The number of benzene rings is 2. The van der Waals surface area contributed by atoms with Crippen molar-refractivity contribution in [1.82, 2.24) is 35.9 Å². The van der Waals surface area contributed by atoms with Crippen molar-refractivity contribution in [2.75, 3.05) is 31.1 Å². The number of nitrogens with zero attached hydrogens (tertiary/aromatic N) is 5. The number of fused-ring (bicyclic) bond motifs is 2. The van der Waals surface area contributed by atoms with Gasteiger partial charge in [-0.05, 0) is 105 Å². The third kappa shape index (κ3) is 11.9. The number of alkyl halides is 6. The molecule has 2 aromatic carbocycles. The molecule has 4 atom stereocenters. The molecule has 10 nitrogen and oxygen atoms in total. The maximum Gasteiger partial charge on any atom is 0.393 e. The van der Waals surface area contributed by atoms with E-state index >= 15 is 0 Å². The molecule has 2 saturated heterocycles. The first-order valence-electron chi connectivity index (χ1n) is 21.5. The number of hydrogen-bond donors (Lipinski definition) is 3. The first kappa shape index (κ1) is 46.6. The molecule has 2 aliphatic carbocycles. The summed E-state index contributed by atoms with van der Waals surface area (Å²) in [6.07, 6.45) is 0.936. The van der Waals surface area contributed by atoms with Crippen molar-refractivity contribution in [3.05, 3.63) is 111 Å². The van der Waals surface area contributed by atoms with Crippen LogP contribution in [0.3, 0.4) is 0 Å². The number of nitrogens with one attached hydrogen (secondary N) is 3. The SMILES string of the molecule is FC(F)(F)Cc1cc2c(Cl)ncnc2s1.O=C(NC1CCC2(CCN(c3ncnc4sc(CC(F)(F)F)cc34)C2)C1)c1ccccc1.O=C(NC1CCC2(CCNC2)C1)c1ccccc1. The van der Waals surface area contributed by atoms with E-state index in [4.69, 9.17) is 11.6 Å². The highest BCUT2D eigenvalue weighted by atomic mass is 35.5. The third-order valence-electron chi connectivity index (χ3n) is 12.7. The molecule has 2 spiro atoms. The second kappa shape index (κ2) is 19.5. The van der Waals surface area contributed by atoms with E-state index in [1.807, 2.05) is 60.7 Å². The van der Waals surface area contributed by atoms with Crippen molar-refractivity contribution in [2.45, 2.75) is 88.6 Å². The van der Waals surface area contributed by atoms with E-state index in [0.717, 1.165) is 92.9 Å². The van der Waals surface area contributed by atoms with Gasteiger partial charge in [-0.2, -0.15) is 26.3 Å². The fraction of sp³-hybridized carbons (Fsp3) is 0.435. The Morgan fingerprint density at radius 3 is 1.77 bits per heavy atom. The molecule has 0 radical (unpaired) electrons. The van der Waals surface area contributed by atoms with Crippen LogP contribution in [0.1, 0.15) is 81.8 Å². The van der Waals surface area contributed by atoms with E-state index in [9.17, 15) is 35.9 Å². The van der Waals surface area contributed by atoms with Gasteiger partial charge < -0.3 is 20.9 Å². The molecule has 2 saturated carbocycles. The predicted molar refractivity (Wildman–Crippen MR) is 242 cm³/mol. The van der Waals surface area contributed by atoms with Crippen LogP contribution >= 0.6 is 34.3 Å². The van der Waals surface area contributed by atoms with Crippen molar-refractivity contribution in [3.63, 3.8) is 0 Å². The van der Waals surface area contributed by atoms with Gasteiger partial charge in [0.2, 0.25) is 0 Å². The van der Waals surface area contributed by atoms with E-state index in [1.165, 1.54) is 31.6 Å². The highest BCUT2D eigenvalue weighted by molar-refractivity contribution is 7.19. The van der Waals surface area contributed by atoms with Crippen LogP contribution in [-0.2, 0) is 12.8 Å². The van der Waals surface area contributed by atoms with Crippen LogP contribution in [0.4, 0.5) is 32.2 Å². The summed E-state index contributed by atoms with van der Waals surface area (Å²) in [7, 11) is 0. The van der Waals surface area contributed by atoms with Crippen LogP contribution in [0.15, 0.2) is 85.5 Å². The average molecular weight is 958 g/mol. The van der Waals surface area contributed by atoms with Gasteiger partial charge in [0.25, 0.3) is 11.8 Å². The Hall–Kier alpha value is -4.91. The van der Waals surface area contributed by atoms with Crippen LogP contribution in [0.5, 0.6) is 0 Å². The largest absolute Gasteiger partial charge is 0.393 e. The number of hydrogen-bond acceptors (Lipinski definition) is 10. The number of rotatable bonds is 7. The molecule has 4 fully saturated rings. The van der Waals surface area contributed by atoms with Gasteiger partial charge in [-0.15, -0.1) is 22.7 Å². The van der Waals surface area contributed by atoms with Gasteiger partial charge in [0.15, 0.2) is 0 Å². The summed E-state index contributed by atoms with van der Waals surface area (Å²) >= 11 is 7.78. The quantitative estimate of drug-likeness (QED) is 0.107. The molecule has 6 aromatic rings. The molecule has 4 aliphatic rings. The standard InChI is InChI=1S/C23H23F3N4OS.C15H20N2O.C8H4ClF3N2S/c24-23(25,26)12-17-10-18-19(27-14-28-21(18)32-17)30-9-8-22(13-30)7-6-16(11-22)29-20(31)15-4-2-1-3-5-15;18-14(12-4-2-1-3-5-12)17-13-6-7-15(10-13)8-9-16-11-15;9-6-5-1-4(2-8(10,11)12)15-7(5)14-3-13-6/h1-5,10,14,16H,6-9,11-13H2,(H,29,31);1-5,13,16H,6-11H2,(H,17,18);1,3H,2H2. The van der Waals surface area contributed by atoms with Gasteiger partial charge in [-0.1, -0.05) is 48.0 Å². The summed E-state index contributed by atoms with van der Waals surface area (Å²) < 4.78 is 74.8. The Morgan fingerprint density at radius 2 is 1.23 bits per heavy atom. The summed E-state index contributed by atoms with van der Waals surface area (Å²) in [5, 5.41) is 11.2. The molecular formula is C46H47ClF6N8O2S2. The molecule has 19 heteroatoms. The zero-order valence-electron chi connectivity index (χ0n) is 35.2. The molecule has 0 bridgehead atoms. The Labute approximate surface area is 384 Å². The van der Waals surface area contributed by atoms with Crippen LogP contribution in [0.25, 0.3) is 20.4 Å². The van der Waals surface area contributed by atoms with E-state index in [-0.39, 0.29) is 38.2 Å². The van der Waals surface area contributed by atoms with Crippen molar-refractivity contribution < 1.29 is 35.9 Å².